The lowest BCUT2D eigenvalue weighted by molar-refractivity contribution is 0.0924. The summed E-state index contributed by atoms with van der Waals surface area (Å²) in [5.74, 6) is 7.59. The Morgan fingerprint density at radius 3 is 2.77 bits per heavy atom. The molecule has 2 aromatic carbocycles. The van der Waals surface area contributed by atoms with E-state index in [1.165, 1.54) is 16.5 Å². The van der Waals surface area contributed by atoms with E-state index < -0.39 is 5.60 Å². The number of ether oxygens (including phenoxy) is 1. The summed E-state index contributed by atoms with van der Waals surface area (Å²) in [5, 5.41) is 1.18. The van der Waals surface area contributed by atoms with Gasteiger partial charge in [0.05, 0.1) is 17.1 Å². The molecule has 1 aromatic heterocycles. The molecule has 5 rings (SSSR count). The molecule has 22 heavy (non-hydrogen) atoms. The molecule has 0 amide bonds. The van der Waals surface area contributed by atoms with E-state index in [1.54, 1.807) is 4.68 Å². The quantitative estimate of drug-likeness (QED) is 0.640. The number of nitrogens with two attached hydrogens (primary N) is 1. The number of nitrogen functional groups attached to an aromatic ring is 1. The summed E-state index contributed by atoms with van der Waals surface area (Å²) in [6.07, 6.45) is 4.44. The first-order valence-corrected chi connectivity index (χ1v) is 7.55. The Kier molecular flexibility index (Phi) is 2.03. The zero-order chi connectivity index (χ0) is 14.9. The molecular formula is C19H16N2O. The molecule has 2 N–H and O–H groups in total. The van der Waals surface area contributed by atoms with Gasteiger partial charge in [-0.15, -0.1) is 0 Å². The van der Waals surface area contributed by atoms with Gasteiger partial charge in [0.25, 0.3) is 0 Å². The van der Waals surface area contributed by atoms with Crippen LogP contribution in [-0.2, 0) is 5.60 Å². The van der Waals surface area contributed by atoms with Crippen molar-refractivity contribution in [2.75, 3.05) is 5.84 Å². The SMILES string of the molecule is CC12Oc3ccccc3C1C=Cc1c2n(N)c2ccccc12. The number of rotatable bonds is 0. The number of para-hydroxylation sites is 2. The van der Waals surface area contributed by atoms with Crippen LogP contribution in [0.3, 0.4) is 0 Å². The third kappa shape index (κ3) is 1.23. The lowest BCUT2D eigenvalue weighted by atomic mass is 9.78. The molecule has 0 spiro atoms. The molecule has 0 bridgehead atoms. The van der Waals surface area contributed by atoms with Crippen molar-refractivity contribution in [1.82, 2.24) is 4.68 Å². The molecule has 2 unspecified atom stereocenters. The molecule has 0 saturated heterocycles. The predicted molar refractivity (Wildman–Crippen MR) is 88.3 cm³/mol. The second-order valence-electron chi connectivity index (χ2n) is 6.23. The van der Waals surface area contributed by atoms with Gasteiger partial charge in [0.15, 0.2) is 5.60 Å². The maximum Gasteiger partial charge on any atom is 0.159 e. The van der Waals surface area contributed by atoms with Crippen molar-refractivity contribution in [2.24, 2.45) is 0 Å². The number of nitrogens with zero attached hydrogens (tertiary/aromatic N) is 1. The average Bonchev–Trinajstić information content (AvgIpc) is 3.00. The smallest absolute Gasteiger partial charge is 0.159 e. The van der Waals surface area contributed by atoms with E-state index in [2.05, 4.69) is 49.4 Å². The van der Waals surface area contributed by atoms with Crippen molar-refractivity contribution >= 4 is 17.0 Å². The minimum Gasteiger partial charge on any atom is -0.480 e. The average molecular weight is 288 g/mol. The van der Waals surface area contributed by atoms with Gasteiger partial charge in [-0.1, -0.05) is 48.6 Å². The minimum absolute atomic E-state index is 0.197. The standard InChI is InChI=1S/C19H16N2O/c1-19-15(14-7-3-5-9-17(14)22-19)11-10-13-12-6-2-4-8-16(12)21(20)18(13)19/h2-11,15H,20H2,1H3. The topological polar surface area (TPSA) is 40.2 Å². The fourth-order valence-corrected chi connectivity index (χ4v) is 4.06. The van der Waals surface area contributed by atoms with E-state index in [-0.39, 0.29) is 5.92 Å². The van der Waals surface area contributed by atoms with Crippen molar-refractivity contribution in [3.63, 3.8) is 0 Å². The van der Waals surface area contributed by atoms with Gasteiger partial charge in [-0.25, -0.2) is 0 Å². The van der Waals surface area contributed by atoms with Gasteiger partial charge in [-0.2, -0.15) is 0 Å². The highest BCUT2D eigenvalue weighted by molar-refractivity contribution is 5.93. The Hall–Kier alpha value is -2.68. The van der Waals surface area contributed by atoms with Crippen LogP contribution in [-0.4, -0.2) is 4.68 Å². The molecule has 3 nitrogen and oxygen atoms in total. The first-order chi connectivity index (χ1) is 10.7. The lowest BCUT2D eigenvalue weighted by Crippen LogP contribution is -2.37. The van der Waals surface area contributed by atoms with Crippen LogP contribution < -0.4 is 10.6 Å². The molecule has 3 aromatic rings. The van der Waals surface area contributed by atoms with Crippen LogP contribution in [0.25, 0.3) is 17.0 Å². The summed E-state index contributed by atoms with van der Waals surface area (Å²) in [6.45, 7) is 2.14. The van der Waals surface area contributed by atoms with Gasteiger partial charge in [0, 0.05) is 16.5 Å². The molecule has 108 valence electrons. The van der Waals surface area contributed by atoms with Crippen molar-refractivity contribution in [3.8, 4) is 5.75 Å². The van der Waals surface area contributed by atoms with Gasteiger partial charge in [-0.05, 0) is 19.1 Å². The second kappa shape index (κ2) is 3.74. The summed E-state index contributed by atoms with van der Waals surface area (Å²) in [6, 6.07) is 16.5. The van der Waals surface area contributed by atoms with Crippen LogP contribution in [0.4, 0.5) is 0 Å². The van der Waals surface area contributed by atoms with Crippen LogP contribution in [0, 0.1) is 0 Å². The zero-order valence-electron chi connectivity index (χ0n) is 12.3. The van der Waals surface area contributed by atoms with E-state index in [9.17, 15) is 0 Å². The highest BCUT2D eigenvalue weighted by Crippen LogP contribution is 2.54. The molecule has 2 aliphatic rings. The lowest BCUT2D eigenvalue weighted by Gasteiger charge is -2.33. The molecule has 2 atom stereocenters. The number of benzene rings is 2. The van der Waals surface area contributed by atoms with E-state index in [0.29, 0.717) is 0 Å². The summed E-state index contributed by atoms with van der Waals surface area (Å²) in [5.41, 5.74) is 4.04. The first kappa shape index (κ1) is 11.9. The Bertz CT molecular complexity index is 953. The Morgan fingerprint density at radius 2 is 1.86 bits per heavy atom. The van der Waals surface area contributed by atoms with Crippen molar-refractivity contribution < 1.29 is 4.74 Å². The maximum atomic E-state index is 6.44. The Morgan fingerprint density at radius 1 is 1.09 bits per heavy atom. The largest absolute Gasteiger partial charge is 0.480 e. The van der Waals surface area contributed by atoms with Crippen molar-refractivity contribution in [2.45, 2.75) is 18.4 Å². The first-order valence-electron chi connectivity index (χ1n) is 7.55. The van der Waals surface area contributed by atoms with Crippen molar-refractivity contribution in [1.29, 1.82) is 0 Å². The molecular weight excluding hydrogens is 272 g/mol. The molecule has 0 saturated carbocycles. The maximum absolute atomic E-state index is 6.44. The summed E-state index contributed by atoms with van der Waals surface area (Å²) >= 11 is 0. The monoisotopic (exact) mass is 288 g/mol. The van der Waals surface area contributed by atoms with Crippen LogP contribution in [0.5, 0.6) is 5.75 Å². The van der Waals surface area contributed by atoms with Gasteiger partial charge in [-0.3, -0.25) is 4.68 Å². The molecule has 1 aliphatic carbocycles. The third-order valence-electron chi connectivity index (χ3n) is 5.04. The van der Waals surface area contributed by atoms with Gasteiger partial charge in [0.1, 0.15) is 5.75 Å². The van der Waals surface area contributed by atoms with E-state index in [4.69, 9.17) is 10.6 Å². The van der Waals surface area contributed by atoms with E-state index in [1.807, 2.05) is 18.2 Å². The summed E-state index contributed by atoms with van der Waals surface area (Å²) < 4.78 is 8.18. The van der Waals surface area contributed by atoms with E-state index >= 15 is 0 Å². The van der Waals surface area contributed by atoms with Crippen LogP contribution in [0.15, 0.2) is 54.6 Å². The second-order valence-corrected chi connectivity index (χ2v) is 6.23. The number of hydrogen-bond acceptors (Lipinski definition) is 2. The number of hydrogen-bond donors (Lipinski definition) is 1. The third-order valence-corrected chi connectivity index (χ3v) is 5.04. The number of aromatic nitrogens is 1. The summed E-state index contributed by atoms with van der Waals surface area (Å²) in [7, 11) is 0. The van der Waals surface area contributed by atoms with Crippen LogP contribution in [0.2, 0.25) is 0 Å². The molecule has 3 heteroatoms. The fraction of sp³-hybridized carbons (Fsp3) is 0.158. The summed E-state index contributed by atoms with van der Waals surface area (Å²) in [4.78, 5) is 0. The Labute approximate surface area is 128 Å². The van der Waals surface area contributed by atoms with Crippen LogP contribution >= 0.6 is 0 Å². The van der Waals surface area contributed by atoms with Gasteiger partial charge < -0.3 is 10.6 Å². The fourth-order valence-electron chi connectivity index (χ4n) is 4.06. The van der Waals surface area contributed by atoms with Gasteiger partial charge >= 0.3 is 0 Å². The van der Waals surface area contributed by atoms with Crippen LogP contribution in [0.1, 0.15) is 29.7 Å². The predicted octanol–water partition coefficient (Wildman–Crippen LogP) is 3.77. The van der Waals surface area contributed by atoms with Crippen molar-refractivity contribution in [3.05, 3.63) is 71.4 Å². The normalized spacial score (nSPS) is 24.7. The van der Waals surface area contributed by atoms with E-state index in [0.717, 1.165) is 17.0 Å². The minimum atomic E-state index is -0.457. The number of fused-ring (bicyclic) bond motifs is 7. The highest BCUT2D eigenvalue weighted by Gasteiger charge is 2.49. The highest BCUT2D eigenvalue weighted by atomic mass is 16.5. The molecule has 0 radical (unpaired) electrons. The molecule has 2 heterocycles. The Balaban J connectivity index is 1.85. The molecule has 0 fully saturated rings. The molecule has 1 aliphatic heterocycles. The zero-order valence-corrected chi connectivity index (χ0v) is 12.3. The van der Waals surface area contributed by atoms with Gasteiger partial charge in [0.2, 0.25) is 0 Å².